The van der Waals surface area contributed by atoms with Crippen molar-refractivity contribution in [1.82, 2.24) is 14.9 Å². The molecule has 0 aromatic carbocycles. The number of rotatable bonds is 3. The van der Waals surface area contributed by atoms with Crippen LogP contribution in [0.25, 0.3) is 0 Å². The molecule has 6 heteroatoms. The third-order valence-electron chi connectivity index (χ3n) is 1.41. The number of hydrogen-bond donors (Lipinski definition) is 2. The first-order valence-corrected chi connectivity index (χ1v) is 3.67. The van der Waals surface area contributed by atoms with Crippen LogP contribution in [0.4, 0.5) is 0 Å². The van der Waals surface area contributed by atoms with Gasteiger partial charge in [0.15, 0.2) is 0 Å². The molecule has 0 aliphatic rings. The summed E-state index contributed by atoms with van der Waals surface area (Å²) in [7, 11) is 0. The summed E-state index contributed by atoms with van der Waals surface area (Å²) in [5.41, 5.74) is 0. The Balaban J connectivity index is 2.22. The molecule has 6 nitrogen and oxygen atoms in total. The summed E-state index contributed by atoms with van der Waals surface area (Å²) < 4.78 is 1.74. The summed E-state index contributed by atoms with van der Waals surface area (Å²) >= 11 is 0. The van der Waals surface area contributed by atoms with Gasteiger partial charge in [-0.2, -0.15) is 0 Å². The van der Waals surface area contributed by atoms with Crippen molar-refractivity contribution >= 4 is 11.9 Å². The molecule has 1 aromatic rings. The molecule has 0 aliphatic carbocycles. The molecule has 0 fully saturated rings. The fourth-order valence-electron chi connectivity index (χ4n) is 0.793. The molecule has 0 saturated heterocycles. The average molecular weight is 183 g/mol. The highest BCUT2D eigenvalue weighted by atomic mass is 16.4. The third-order valence-corrected chi connectivity index (χ3v) is 1.41. The smallest absolute Gasteiger partial charge is 0.394 e. The molecule has 0 spiro atoms. The molecule has 1 rings (SSSR count). The molecule has 0 radical (unpaired) electrons. The summed E-state index contributed by atoms with van der Waals surface area (Å²) in [6, 6.07) is 0. The van der Waals surface area contributed by atoms with Crippen LogP contribution in [0, 0.1) is 0 Å². The van der Waals surface area contributed by atoms with E-state index in [4.69, 9.17) is 5.11 Å². The maximum atomic E-state index is 10.5. The molecule has 70 valence electrons. The summed E-state index contributed by atoms with van der Waals surface area (Å²) in [6.45, 7) is 0.792. The van der Waals surface area contributed by atoms with Crippen molar-refractivity contribution < 1.29 is 14.7 Å². The predicted octanol–water partition coefficient (Wildman–Crippen LogP) is -0.916. The van der Waals surface area contributed by atoms with Gasteiger partial charge < -0.3 is 15.0 Å². The van der Waals surface area contributed by atoms with E-state index in [0.29, 0.717) is 6.54 Å². The van der Waals surface area contributed by atoms with Gasteiger partial charge in [0, 0.05) is 25.5 Å². The summed E-state index contributed by atoms with van der Waals surface area (Å²) in [5, 5.41) is 10.4. The maximum absolute atomic E-state index is 10.5. The lowest BCUT2D eigenvalue weighted by Crippen LogP contribution is -2.32. The SMILES string of the molecule is O=C(O)C(=O)NCCn1ccnc1. The minimum atomic E-state index is -1.47. The van der Waals surface area contributed by atoms with Crippen molar-refractivity contribution in [2.45, 2.75) is 6.54 Å². The lowest BCUT2D eigenvalue weighted by molar-refractivity contribution is -0.150. The van der Waals surface area contributed by atoms with E-state index in [9.17, 15) is 9.59 Å². The predicted molar refractivity (Wildman–Crippen MR) is 42.9 cm³/mol. The Kier molecular flexibility index (Phi) is 3.02. The average Bonchev–Trinajstić information content (AvgIpc) is 2.56. The van der Waals surface area contributed by atoms with Crippen molar-refractivity contribution in [3.05, 3.63) is 18.7 Å². The lowest BCUT2D eigenvalue weighted by atomic mass is 10.5. The van der Waals surface area contributed by atoms with E-state index in [1.165, 1.54) is 0 Å². The Labute approximate surface area is 74.2 Å². The fraction of sp³-hybridized carbons (Fsp3) is 0.286. The largest absolute Gasteiger partial charge is 0.474 e. The van der Waals surface area contributed by atoms with E-state index in [-0.39, 0.29) is 6.54 Å². The maximum Gasteiger partial charge on any atom is 0.394 e. The molecule has 0 saturated carbocycles. The van der Waals surface area contributed by atoms with Gasteiger partial charge in [-0.15, -0.1) is 0 Å². The van der Waals surface area contributed by atoms with Crippen molar-refractivity contribution in [2.24, 2.45) is 0 Å². The molecular weight excluding hydrogens is 174 g/mol. The van der Waals surface area contributed by atoms with E-state index in [1.807, 2.05) is 0 Å². The number of carbonyl (C=O) groups excluding carboxylic acids is 1. The number of amides is 1. The Morgan fingerprint density at radius 1 is 1.54 bits per heavy atom. The molecule has 1 amide bonds. The van der Waals surface area contributed by atoms with Crippen molar-refractivity contribution in [3.63, 3.8) is 0 Å². The first-order chi connectivity index (χ1) is 6.20. The van der Waals surface area contributed by atoms with Gasteiger partial charge in [0.2, 0.25) is 0 Å². The number of hydrogen-bond acceptors (Lipinski definition) is 3. The van der Waals surface area contributed by atoms with Gasteiger partial charge in [0.1, 0.15) is 0 Å². The molecule has 0 atom stereocenters. The van der Waals surface area contributed by atoms with Crippen molar-refractivity contribution in [2.75, 3.05) is 6.54 Å². The summed E-state index contributed by atoms with van der Waals surface area (Å²) in [6.07, 6.45) is 4.93. The number of aromatic nitrogens is 2. The second-order valence-corrected chi connectivity index (χ2v) is 2.36. The summed E-state index contributed by atoms with van der Waals surface area (Å²) in [4.78, 5) is 24.4. The van der Waals surface area contributed by atoms with E-state index < -0.39 is 11.9 Å². The van der Waals surface area contributed by atoms with E-state index in [1.54, 1.807) is 23.3 Å². The van der Waals surface area contributed by atoms with Crippen LogP contribution < -0.4 is 5.32 Å². The second-order valence-electron chi connectivity index (χ2n) is 2.36. The number of carboxylic acids is 1. The highest BCUT2D eigenvalue weighted by Crippen LogP contribution is 1.83. The number of nitrogens with zero attached hydrogens (tertiary/aromatic N) is 2. The van der Waals surface area contributed by atoms with Crippen LogP contribution in [0.2, 0.25) is 0 Å². The van der Waals surface area contributed by atoms with Crippen LogP contribution in [-0.2, 0) is 16.1 Å². The van der Waals surface area contributed by atoms with E-state index in [2.05, 4.69) is 10.3 Å². The zero-order valence-electron chi connectivity index (χ0n) is 6.80. The van der Waals surface area contributed by atoms with Crippen molar-refractivity contribution in [1.29, 1.82) is 0 Å². The van der Waals surface area contributed by atoms with Crippen LogP contribution in [0.15, 0.2) is 18.7 Å². The quantitative estimate of drug-likeness (QED) is 0.594. The normalized spacial score (nSPS) is 9.54. The zero-order chi connectivity index (χ0) is 9.68. The molecule has 0 unspecified atom stereocenters. The summed E-state index contributed by atoms with van der Waals surface area (Å²) in [5.74, 6) is -2.45. The minimum absolute atomic E-state index is 0.279. The Hall–Kier alpha value is -1.85. The monoisotopic (exact) mass is 183 g/mol. The molecule has 1 aromatic heterocycles. The zero-order valence-corrected chi connectivity index (χ0v) is 6.80. The molecule has 1 heterocycles. The topological polar surface area (TPSA) is 84.2 Å². The van der Waals surface area contributed by atoms with Crippen LogP contribution >= 0.6 is 0 Å². The standard InChI is InChI=1S/C7H9N3O3/c11-6(7(12)13)9-2-4-10-3-1-8-5-10/h1,3,5H,2,4H2,(H,9,11)(H,12,13). The van der Waals surface area contributed by atoms with Gasteiger partial charge >= 0.3 is 11.9 Å². The fourth-order valence-corrected chi connectivity index (χ4v) is 0.793. The van der Waals surface area contributed by atoms with Crippen LogP contribution in [-0.4, -0.2) is 33.1 Å². The minimum Gasteiger partial charge on any atom is -0.474 e. The highest BCUT2D eigenvalue weighted by Gasteiger charge is 2.08. The van der Waals surface area contributed by atoms with Gasteiger partial charge in [-0.25, -0.2) is 9.78 Å². The van der Waals surface area contributed by atoms with E-state index in [0.717, 1.165) is 0 Å². The van der Waals surface area contributed by atoms with Gasteiger partial charge in [-0.3, -0.25) is 4.79 Å². The number of nitrogens with one attached hydrogen (secondary N) is 1. The number of carbonyl (C=O) groups is 2. The van der Waals surface area contributed by atoms with Gasteiger partial charge in [-0.05, 0) is 0 Å². The first kappa shape index (κ1) is 9.24. The lowest BCUT2D eigenvalue weighted by Gasteiger charge is -2.01. The number of aliphatic carboxylic acids is 1. The van der Waals surface area contributed by atoms with Crippen LogP contribution in [0.1, 0.15) is 0 Å². The molecule has 2 N–H and O–H groups in total. The Morgan fingerprint density at radius 2 is 2.31 bits per heavy atom. The van der Waals surface area contributed by atoms with E-state index >= 15 is 0 Å². The number of carboxylic acid groups (broad SMARTS) is 1. The van der Waals surface area contributed by atoms with Gasteiger partial charge in [0.05, 0.1) is 6.33 Å². The van der Waals surface area contributed by atoms with Crippen LogP contribution in [0.3, 0.4) is 0 Å². The molecular formula is C7H9N3O3. The molecule has 13 heavy (non-hydrogen) atoms. The third kappa shape index (κ3) is 2.94. The van der Waals surface area contributed by atoms with Gasteiger partial charge in [0.25, 0.3) is 0 Å². The molecule has 0 bridgehead atoms. The Morgan fingerprint density at radius 3 is 2.85 bits per heavy atom. The highest BCUT2D eigenvalue weighted by molar-refractivity contribution is 6.31. The van der Waals surface area contributed by atoms with Crippen molar-refractivity contribution in [3.8, 4) is 0 Å². The Bertz CT molecular complexity index is 294. The number of imidazole rings is 1. The second kappa shape index (κ2) is 4.24. The first-order valence-electron chi connectivity index (χ1n) is 3.67. The molecule has 0 aliphatic heterocycles. The van der Waals surface area contributed by atoms with Crippen LogP contribution in [0.5, 0.6) is 0 Å². The van der Waals surface area contributed by atoms with Gasteiger partial charge in [-0.1, -0.05) is 0 Å².